The zero-order valence-corrected chi connectivity index (χ0v) is 15.6. The van der Waals surface area contributed by atoms with Gasteiger partial charge in [0.1, 0.15) is 0 Å². The van der Waals surface area contributed by atoms with E-state index in [-0.39, 0.29) is 23.4 Å². The van der Waals surface area contributed by atoms with Crippen molar-refractivity contribution in [2.75, 3.05) is 19.6 Å². The SMILES string of the molecule is CC1CCCN(C(C)(C)CNC(=O)C(C)C(N)c2ccccc2)C1. The molecule has 0 radical (unpaired) electrons. The lowest BCUT2D eigenvalue weighted by atomic mass is 9.92. The highest BCUT2D eigenvalue weighted by atomic mass is 16.1. The normalized spacial score (nSPS) is 22.0. The molecule has 3 unspecified atom stereocenters. The Morgan fingerprint density at radius 3 is 2.67 bits per heavy atom. The van der Waals surface area contributed by atoms with E-state index >= 15 is 0 Å². The van der Waals surface area contributed by atoms with Gasteiger partial charge in [-0.3, -0.25) is 9.69 Å². The lowest BCUT2D eigenvalue weighted by Gasteiger charge is -2.43. The molecule has 3 atom stereocenters. The molecule has 1 aromatic carbocycles. The molecular formula is C20H33N3O. The Bertz CT molecular complexity index is 529. The number of nitrogens with two attached hydrogens (primary N) is 1. The molecule has 2 rings (SSSR count). The zero-order valence-electron chi connectivity index (χ0n) is 15.6. The minimum Gasteiger partial charge on any atom is -0.354 e. The zero-order chi connectivity index (χ0) is 17.7. The summed E-state index contributed by atoms with van der Waals surface area (Å²) in [7, 11) is 0. The van der Waals surface area contributed by atoms with Crippen LogP contribution in [-0.2, 0) is 4.79 Å². The van der Waals surface area contributed by atoms with Crippen molar-refractivity contribution >= 4 is 5.91 Å². The summed E-state index contributed by atoms with van der Waals surface area (Å²) in [6.07, 6.45) is 2.55. The summed E-state index contributed by atoms with van der Waals surface area (Å²) in [4.78, 5) is 15.0. The molecule has 24 heavy (non-hydrogen) atoms. The molecule has 4 nitrogen and oxygen atoms in total. The van der Waals surface area contributed by atoms with E-state index in [9.17, 15) is 4.79 Å². The van der Waals surface area contributed by atoms with Gasteiger partial charge >= 0.3 is 0 Å². The van der Waals surface area contributed by atoms with Crippen molar-refractivity contribution < 1.29 is 4.79 Å². The maximum atomic E-state index is 12.5. The lowest BCUT2D eigenvalue weighted by Crippen LogP contribution is -2.55. The van der Waals surface area contributed by atoms with Crippen LogP contribution < -0.4 is 11.1 Å². The molecule has 0 aliphatic carbocycles. The van der Waals surface area contributed by atoms with Gasteiger partial charge in [0, 0.05) is 24.7 Å². The van der Waals surface area contributed by atoms with E-state index < -0.39 is 0 Å². The van der Waals surface area contributed by atoms with Gasteiger partial charge in [-0.15, -0.1) is 0 Å². The number of carbonyl (C=O) groups excluding carboxylic acids is 1. The molecule has 1 heterocycles. The van der Waals surface area contributed by atoms with Crippen LogP contribution in [0, 0.1) is 11.8 Å². The fourth-order valence-electron chi connectivity index (χ4n) is 3.44. The first-order valence-corrected chi connectivity index (χ1v) is 9.14. The Kier molecular flexibility index (Phi) is 6.41. The molecule has 0 bridgehead atoms. The quantitative estimate of drug-likeness (QED) is 0.842. The minimum atomic E-state index is -0.274. The van der Waals surface area contributed by atoms with E-state index in [1.54, 1.807) is 0 Å². The molecule has 134 valence electrons. The maximum Gasteiger partial charge on any atom is 0.224 e. The van der Waals surface area contributed by atoms with E-state index in [1.807, 2.05) is 37.3 Å². The van der Waals surface area contributed by atoms with Gasteiger partial charge in [-0.25, -0.2) is 0 Å². The van der Waals surface area contributed by atoms with Crippen molar-refractivity contribution in [1.82, 2.24) is 10.2 Å². The van der Waals surface area contributed by atoms with Gasteiger partial charge in [0.15, 0.2) is 0 Å². The van der Waals surface area contributed by atoms with Gasteiger partial charge in [0.25, 0.3) is 0 Å². The second kappa shape index (κ2) is 8.13. The van der Waals surface area contributed by atoms with Crippen molar-refractivity contribution in [1.29, 1.82) is 0 Å². The van der Waals surface area contributed by atoms with Crippen LogP contribution in [0.4, 0.5) is 0 Å². The van der Waals surface area contributed by atoms with Crippen molar-refractivity contribution in [3.8, 4) is 0 Å². The number of amides is 1. The van der Waals surface area contributed by atoms with Gasteiger partial charge < -0.3 is 11.1 Å². The Labute approximate surface area is 146 Å². The molecule has 1 amide bonds. The second-order valence-electron chi connectivity index (χ2n) is 7.95. The molecule has 1 aromatic rings. The fraction of sp³-hybridized carbons (Fsp3) is 0.650. The molecule has 0 spiro atoms. The molecule has 1 saturated heterocycles. The Morgan fingerprint density at radius 2 is 2.04 bits per heavy atom. The minimum absolute atomic E-state index is 0.0269. The summed E-state index contributed by atoms with van der Waals surface area (Å²) in [5, 5.41) is 3.12. The predicted octanol–water partition coefficient (Wildman–Crippen LogP) is 2.95. The monoisotopic (exact) mass is 331 g/mol. The number of nitrogens with one attached hydrogen (secondary N) is 1. The molecular weight excluding hydrogens is 298 g/mol. The van der Waals surface area contributed by atoms with Crippen LogP contribution in [0.2, 0.25) is 0 Å². The first kappa shape index (κ1) is 18.9. The van der Waals surface area contributed by atoms with Crippen LogP contribution in [0.3, 0.4) is 0 Å². The van der Waals surface area contributed by atoms with E-state index in [0.29, 0.717) is 6.54 Å². The van der Waals surface area contributed by atoms with Crippen molar-refractivity contribution in [2.24, 2.45) is 17.6 Å². The molecule has 1 aliphatic heterocycles. The van der Waals surface area contributed by atoms with Gasteiger partial charge in [0.2, 0.25) is 5.91 Å². The standard InChI is InChI=1S/C20H33N3O/c1-15-9-8-12-23(13-15)20(3,4)14-22-19(24)16(2)18(21)17-10-6-5-7-11-17/h5-7,10-11,15-16,18H,8-9,12-14,21H2,1-4H3,(H,22,24). The predicted molar refractivity (Wildman–Crippen MR) is 99.6 cm³/mol. The summed E-state index contributed by atoms with van der Waals surface area (Å²) < 4.78 is 0. The van der Waals surface area contributed by atoms with Gasteiger partial charge in [-0.1, -0.05) is 44.2 Å². The van der Waals surface area contributed by atoms with E-state index in [2.05, 4.69) is 31.0 Å². The number of likely N-dealkylation sites (tertiary alicyclic amines) is 1. The molecule has 0 aromatic heterocycles. The Hall–Kier alpha value is -1.39. The van der Waals surface area contributed by atoms with Crippen LogP contribution in [0.25, 0.3) is 0 Å². The fourth-order valence-corrected chi connectivity index (χ4v) is 3.44. The molecule has 3 N–H and O–H groups in total. The first-order chi connectivity index (χ1) is 11.3. The van der Waals surface area contributed by atoms with E-state index in [1.165, 1.54) is 12.8 Å². The number of rotatable bonds is 6. The average Bonchev–Trinajstić information content (AvgIpc) is 2.59. The number of piperidine rings is 1. The van der Waals surface area contributed by atoms with Crippen LogP contribution in [0.15, 0.2) is 30.3 Å². The van der Waals surface area contributed by atoms with Crippen LogP contribution >= 0.6 is 0 Å². The highest BCUT2D eigenvalue weighted by Gasteiger charge is 2.31. The van der Waals surface area contributed by atoms with Gasteiger partial charge in [0.05, 0.1) is 5.92 Å². The lowest BCUT2D eigenvalue weighted by molar-refractivity contribution is -0.125. The number of hydrogen-bond acceptors (Lipinski definition) is 3. The van der Waals surface area contributed by atoms with Gasteiger partial charge in [-0.05, 0) is 44.7 Å². The van der Waals surface area contributed by atoms with Crippen LogP contribution in [-0.4, -0.2) is 36.0 Å². The van der Waals surface area contributed by atoms with E-state index in [0.717, 1.165) is 24.6 Å². The summed E-state index contributed by atoms with van der Waals surface area (Å²) in [6.45, 7) is 11.5. The molecule has 1 aliphatic rings. The third-order valence-corrected chi connectivity index (χ3v) is 5.35. The van der Waals surface area contributed by atoms with Gasteiger partial charge in [-0.2, -0.15) is 0 Å². The van der Waals surface area contributed by atoms with Crippen molar-refractivity contribution in [2.45, 2.75) is 52.1 Å². The maximum absolute atomic E-state index is 12.5. The number of hydrogen-bond donors (Lipinski definition) is 2. The second-order valence-corrected chi connectivity index (χ2v) is 7.95. The highest BCUT2D eigenvalue weighted by Crippen LogP contribution is 2.24. The van der Waals surface area contributed by atoms with Crippen LogP contribution in [0.5, 0.6) is 0 Å². The third-order valence-electron chi connectivity index (χ3n) is 5.35. The van der Waals surface area contributed by atoms with Crippen LogP contribution in [0.1, 0.15) is 52.1 Å². The smallest absolute Gasteiger partial charge is 0.224 e. The number of benzene rings is 1. The summed E-state index contributed by atoms with van der Waals surface area (Å²) in [5.41, 5.74) is 7.25. The molecule has 4 heteroatoms. The summed E-state index contributed by atoms with van der Waals surface area (Å²) >= 11 is 0. The Morgan fingerprint density at radius 1 is 1.38 bits per heavy atom. The largest absolute Gasteiger partial charge is 0.354 e. The number of nitrogens with zero attached hydrogens (tertiary/aromatic N) is 1. The van der Waals surface area contributed by atoms with E-state index in [4.69, 9.17) is 5.73 Å². The number of carbonyl (C=O) groups is 1. The molecule has 1 fully saturated rings. The molecule has 0 saturated carbocycles. The Balaban J connectivity index is 1.89. The first-order valence-electron chi connectivity index (χ1n) is 9.14. The highest BCUT2D eigenvalue weighted by molar-refractivity contribution is 5.79. The third kappa shape index (κ3) is 4.81. The van der Waals surface area contributed by atoms with Crippen molar-refractivity contribution in [3.63, 3.8) is 0 Å². The summed E-state index contributed by atoms with van der Waals surface area (Å²) in [6, 6.07) is 9.56. The van der Waals surface area contributed by atoms with Crippen molar-refractivity contribution in [3.05, 3.63) is 35.9 Å². The average molecular weight is 332 g/mol. The topological polar surface area (TPSA) is 58.4 Å². The summed E-state index contributed by atoms with van der Waals surface area (Å²) in [5.74, 6) is 0.520.